The van der Waals surface area contributed by atoms with E-state index in [0.29, 0.717) is 6.04 Å². The molecule has 3 atom stereocenters. The molecule has 2 nitrogen and oxygen atoms in total. The molecule has 2 rings (SSSR count). The molecule has 1 aliphatic heterocycles. The van der Waals surface area contributed by atoms with Crippen LogP contribution in [0.1, 0.15) is 58.3 Å². The normalized spacial score (nSPS) is 32.8. The van der Waals surface area contributed by atoms with Crippen LogP contribution >= 0.6 is 0 Å². The first-order valence-electron chi connectivity index (χ1n) is 6.99. The van der Waals surface area contributed by atoms with Gasteiger partial charge in [-0.25, -0.2) is 0 Å². The number of likely N-dealkylation sites (tertiary alicyclic amines) is 1. The fourth-order valence-corrected chi connectivity index (χ4v) is 3.72. The van der Waals surface area contributed by atoms with Gasteiger partial charge in [0.2, 0.25) is 0 Å². The molecule has 0 bridgehead atoms. The standard InChI is InChI=1S/C14H24N2/c1-2-13(9-10-15)16-11-5-7-12-6-3-4-8-14(12)16/h12-14H,2-9,11H2,1H3/t12-,13?,14-/m1/s1. The van der Waals surface area contributed by atoms with Gasteiger partial charge in [0.1, 0.15) is 0 Å². The lowest BCUT2D eigenvalue weighted by Crippen LogP contribution is -2.51. The highest BCUT2D eigenvalue weighted by atomic mass is 15.2. The molecule has 0 N–H and O–H groups in total. The van der Waals surface area contributed by atoms with Gasteiger partial charge in [0.15, 0.2) is 0 Å². The molecule has 0 amide bonds. The molecule has 1 saturated heterocycles. The van der Waals surface area contributed by atoms with E-state index in [0.717, 1.165) is 24.8 Å². The largest absolute Gasteiger partial charge is 0.296 e. The number of nitriles is 1. The van der Waals surface area contributed by atoms with E-state index in [4.69, 9.17) is 5.26 Å². The lowest BCUT2D eigenvalue weighted by molar-refractivity contribution is 0.0257. The molecular weight excluding hydrogens is 196 g/mol. The summed E-state index contributed by atoms with van der Waals surface area (Å²) >= 11 is 0. The van der Waals surface area contributed by atoms with Crippen LogP contribution in [-0.4, -0.2) is 23.5 Å². The Hall–Kier alpha value is -0.550. The highest BCUT2D eigenvalue weighted by molar-refractivity contribution is 4.92. The molecule has 0 radical (unpaired) electrons. The maximum absolute atomic E-state index is 8.92. The summed E-state index contributed by atoms with van der Waals surface area (Å²) in [7, 11) is 0. The molecule has 2 fully saturated rings. The highest BCUT2D eigenvalue weighted by Crippen LogP contribution is 2.36. The summed E-state index contributed by atoms with van der Waals surface area (Å²) in [5.74, 6) is 0.940. The number of rotatable bonds is 3. The first-order chi connectivity index (χ1) is 7.86. The smallest absolute Gasteiger partial charge is 0.0638 e. The second-order valence-corrected chi connectivity index (χ2v) is 5.42. The second-order valence-electron chi connectivity index (χ2n) is 5.42. The molecule has 0 aromatic rings. The van der Waals surface area contributed by atoms with Gasteiger partial charge < -0.3 is 0 Å². The molecule has 1 aliphatic carbocycles. The number of nitrogens with zero attached hydrogens (tertiary/aromatic N) is 2. The minimum atomic E-state index is 0.524. The zero-order valence-corrected chi connectivity index (χ0v) is 10.5. The minimum Gasteiger partial charge on any atom is -0.296 e. The Balaban J connectivity index is 2.03. The molecule has 0 aromatic heterocycles. The minimum absolute atomic E-state index is 0.524. The van der Waals surface area contributed by atoms with Crippen molar-refractivity contribution in [3.05, 3.63) is 0 Å². The van der Waals surface area contributed by atoms with Gasteiger partial charge in [-0.05, 0) is 44.6 Å². The fourth-order valence-electron chi connectivity index (χ4n) is 3.72. The van der Waals surface area contributed by atoms with Crippen LogP contribution in [0.3, 0.4) is 0 Å². The predicted octanol–water partition coefficient (Wildman–Crippen LogP) is 3.33. The van der Waals surface area contributed by atoms with E-state index in [1.165, 1.54) is 45.1 Å². The summed E-state index contributed by atoms with van der Waals surface area (Å²) < 4.78 is 0. The first-order valence-corrected chi connectivity index (χ1v) is 6.99. The lowest BCUT2D eigenvalue weighted by atomic mass is 9.77. The molecule has 2 aliphatic rings. The van der Waals surface area contributed by atoms with Crippen molar-refractivity contribution in [3.63, 3.8) is 0 Å². The molecular formula is C14H24N2. The van der Waals surface area contributed by atoms with Crippen LogP contribution < -0.4 is 0 Å². The van der Waals surface area contributed by atoms with Gasteiger partial charge in [-0.1, -0.05) is 19.8 Å². The summed E-state index contributed by atoms with van der Waals surface area (Å²) in [5, 5.41) is 8.92. The predicted molar refractivity (Wildman–Crippen MR) is 66.0 cm³/mol. The number of piperidine rings is 1. The Morgan fingerprint density at radius 1 is 1.25 bits per heavy atom. The average Bonchev–Trinajstić information content (AvgIpc) is 2.35. The zero-order chi connectivity index (χ0) is 11.4. The number of fused-ring (bicyclic) bond motifs is 1. The number of hydrogen-bond acceptors (Lipinski definition) is 2. The monoisotopic (exact) mass is 220 g/mol. The van der Waals surface area contributed by atoms with Crippen LogP contribution in [0.5, 0.6) is 0 Å². The summed E-state index contributed by atoms with van der Waals surface area (Å²) in [6.45, 7) is 3.47. The Bertz CT molecular complexity index is 254. The van der Waals surface area contributed by atoms with Gasteiger partial charge in [0, 0.05) is 12.1 Å². The second kappa shape index (κ2) is 5.68. The molecule has 16 heavy (non-hydrogen) atoms. The number of hydrogen-bond donors (Lipinski definition) is 0. The van der Waals surface area contributed by atoms with E-state index in [1.807, 2.05) is 0 Å². The van der Waals surface area contributed by atoms with Crippen molar-refractivity contribution >= 4 is 0 Å². The third kappa shape index (κ3) is 2.40. The topological polar surface area (TPSA) is 27.0 Å². The summed E-state index contributed by atoms with van der Waals surface area (Å²) in [6, 6.07) is 3.70. The van der Waals surface area contributed by atoms with Crippen LogP contribution in [0.25, 0.3) is 0 Å². The van der Waals surface area contributed by atoms with Crippen molar-refractivity contribution in [2.75, 3.05) is 6.54 Å². The van der Waals surface area contributed by atoms with E-state index in [9.17, 15) is 0 Å². The molecule has 1 unspecified atom stereocenters. The summed E-state index contributed by atoms with van der Waals surface area (Å²) in [4.78, 5) is 2.68. The molecule has 0 spiro atoms. The van der Waals surface area contributed by atoms with Crippen molar-refractivity contribution < 1.29 is 0 Å². The molecule has 1 heterocycles. The van der Waals surface area contributed by atoms with Crippen molar-refractivity contribution in [2.24, 2.45) is 5.92 Å². The third-order valence-electron chi connectivity index (χ3n) is 4.55. The van der Waals surface area contributed by atoms with Gasteiger partial charge in [0.05, 0.1) is 12.5 Å². The van der Waals surface area contributed by atoms with Crippen molar-refractivity contribution in [3.8, 4) is 6.07 Å². The molecule has 90 valence electrons. The van der Waals surface area contributed by atoms with Crippen LogP contribution in [0.2, 0.25) is 0 Å². The molecule has 1 saturated carbocycles. The van der Waals surface area contributed by atoms with E-state index in [-0.39, 0.29) is 0 Å². The molecule has 0 aromatic carbocycles. The van der Waals surface area contributed by atoms with Crippen LogP contribution in [0.4, 0.5) is 0 Å². The Morgan fingerprint density at radius 3 is 2.75 bits per heavy atom. The first kappa shape index (κ1) is 11.9. The van der Waals surface area contributed by atoms with Gasteiger partial charge in [-0.2, -0.15) is 5.26 Å². The Morgan fingerprint density at radius 2 is 2.00 bits per heavy atom. The third-order valence-corrected chi connectivity index (χ3v) is 4.55. The van der Waals surface area contributed by atoms with E-state index in [2.05, 4.69) is 17.9 Å². The average molecular weight is 220 g/mol. The van der Waals surface area contributed by atoms with Gasteiger partial charge in [-0.3, -0.25) is 4.90 Å². The maximum Gasteiger partial charge on any atom is 0.0638 e. The lowest BCUT2D eigenvalue weighted by Gasteiger charge is -2.47. The quantitative estimate of drug-likeness (QED) is 0.729. The van der Waals surface area contributed by atoms with Crippen molar-refractivity contribution in [2.45, 2.75) is 70.4 Å². The van der Waals surface area contributed by atoms with E-state index in [1.54, 1.807) is 0 Å². The van der Waals surface area contributed by atoms with Crippen molar-refractivity contribution in [1.29, 1.82) is 5.26 Å². The van der Waals surface area contributed by atoms with Gasteiger partial charge in [-0.15, -0.1) is 0 Å². The molecule has 2 heteroatoms. The van der Waals surface area contributed by atoms with Crippen LogP contribution in [-0.2, 0) is 0 Å². The van der Waals surface area contributed by atoms with Crippen LogP contribution in [0.15, 0.2) is 0 Å². The zero-order valence-electron chi connectivity index (χ0n) is 10.5. The highest BCUT2D eigenvalue weighted by Gasteiger charge is 2.35. The van der Waals surface area contributed by atoms with Crippen molar-refractivity contribution in [1.82, 2.24) is 4.90 Å². The van der Waals surface area contributed by atoms with Gasteiger partial charge in [0.25, 0.3) is 0 Å². The Labute approximate surface area is 99.6 Å². The maximum atomic E-state index is 8.92. The summed E-state index contributed by atoms with van der Waals surface area (Å²) in [5.41, 5.74) is 0. The SMILES string of the molecule is CCC(CC#N)N1CCC[C@H]2CCCC[C@H]21. The van der Waals surface area contributed by atoms with Crippen LogP contribution in [0, 0.1) is 17.2 Å². The van der Waals surface area contributed by atoms with E-state index >= 15 is 0 Å². The van der Waals surface area contributed by atoms with Gasteiger partial charge >= 0.3 is 0 Å². The fraction of sp³-hybridized carbons (Fsp3) is 0.929. The Kier molecular flexibility index (Phi) is 4.23. The van der Waals surface area contributed by atoms with E-state index < -0.39 is 0 Å². The summed E-state index contributed by atoms with van der Waals surface area (Å²) in [6.07, 6.45) is 10.3.